The summed E-state index contributed by atoms with van der Waals surface area (Å²) in [4.78, 5) is 10.4. The number of carboxylic acid groups (broad SMARTS) is 1. The van der Waals surface area contributed by atoms with Gasteiger partial charge < -0.3 is 5.11 Å². The first kappa shape index (κ1) is 11.9. The molecule has 4 nitrogen and oxygen atoms in total. The van der Waals surface area contributed by atoms with Crippen LogP contribution in [0.3, 0.4) is 0 Å². The fraction of sp³-hybridized carbons (Fsp3) is 0.625. The summed E-state index contributed by atoms with van der Waals surface area (Å²) in [7, 11) is 0. The van der Waals surface area contributed by atoms with E-state index < -0.39 is 11.8 Å². The quantitative estimate of drug-likeness (QED) is 0.303. The van der Waals surface area contributed by atoms with E-state index in [2.05, 4.69) is 25.8 Å². The molecular weight excluding hydrogens is 224 g/mol. The predicted molar refractivity (Wildman–Crippen MR) is 57.1 cm³/mol. The Labute approximate surface area is 93.5 Å². The van der Waals surface area contributed by atoms with Crippen molar-refractivity contribution in [3.63, 3.8) is 0 Å². The van der Waals surface area contributed by atoms with Crippen LogP contribution in [0.25, 0.3) is 0 Å². The second-order valence-corrected chi connectivity index (χ2v) is 3.60. The summed E-state index contributed by atoms with van der Waals surface area (Å²) in [5.74, 6) is -1.69. The van der Waals surface area contributed by atoms with Gasteiger partial charge in [-0.15, -0.1) is 0 Å². The van der Waals surface area contributed by atoms with Crippen molar-refractivity contribution in [2.24, 2.45) is 0 Å². The lowest BCUT2D eigenvalue weighted by atomic mass is 9.90. The van der Waals surface area contributed by atoms with Gasteiger partial charge in [-0.2, -0.15) is 0 Å². The van der Waals surface area contributed by atoms with Gasteiger partial charge in [0.05, 0.1) is 0 Å². The summed E-state index contributed by atoms with van der Waals surface area (Å²) in [6.45, 7) is 0. The first-order chi connectivity index (χ1) is 6.62. The third kappa shape index (κ3) is 2.91. The van der Waals surface area contributed by atoms with Gasteiger partial charge in [-0.05, 0) is 38.7 Å². The number of carboxylic acids is 1. The molecule has 0 aliphatic heterocycles. The van der Waals surface area contributed by atoms with Gasteiger partial charge in [-0.25, -0.2) is 4.79 Å². The van der Waals surface area contributed by atoms with Crippen LogP contribution in [0.15, 0.2) is 11.6 Å². The SMILES string of the molecule is O=C(O)C=C1CCC(OS)(OS)CC1. The molecule has 1 N–H and O–H groups in total. The highest BCUT2D eigenvalue weighted by atomic mass is 32.1. The minimum absolute atomic E-state index is 0.569. The lowest BCUT2D eigenvalue weighted by Crippen LogP contribution is -2.33. The van der Waals surface area contributed by atoms with E-state index >= 15 is 0 Å². The van der Waals surface area contributed by atoms with Crippen molar-refractivity contribution >= 4 is 31.8 Å². The molecule has 1 aliphatic rings. The van der Waals surface area contributed by atoms with Crippen LogP contribution >= 0.6 is 25.8 Å². The summed E-state index contributed by atoms with van der Waals surface area (Å²) in [6.07, 6.45) is 3.64. The first-order valence-electron chi connectivity index (χ1n) is 4.19. The molecule has 0 atom stereocenters. The van der Waals surface area contributed by atoms with Crippen LogP contribution in [0.2, 0.25) is 0 Å². The standard InChI is InChI=1S/C8H12O4S2/c9-7(10)5-6-1-3-8(11-13,12-14)4-2-6/h5,13-14H,1-4H2,(H,9,10). The van der Waals surface area contributed by atoms with Gasteiger partial charge in [-0.3, -0.25) is 8.37 Å². The summed E-state index contributed by atoms with van der Waals surface area (Å²) < 4.78 is 9.80. The van der Waals surface area contributed by atoms with E-state index in [1.54, 1.807) is 0 Å². The average Bonchev–Trinajstić information content (AvgIpc) is 2.19. The van der Waals surface area contributed by atoms with E-state index in [0.29, 0.717) is 25.7 Å². The molecule has 0 unspecified atom stereocenters. The van der Waals surface area contributed by atoms with Crippen molar-refractivity contribution in [1.29, 1.82) is 0 Å². The number of hydrogen-bond acceptors (Lipinski definition) is 5. The van der Waals surface area contributed by atoms with Gasteiger partial charge in [0.25, 0.3) is 0 Å². The number of rotatable bonds is 3. The van der Waals surface area contributed by atoms with E-state index in [9.17, 15) is 4.79 Å². The monoisotopic (exact) mass is 236 g/mol. The Morgan fingerprint density at radius 2 is 1.86 bits per heavy atom. The zero-order valence-corrected chi connectivity index (χ0v) is 9.26. The molecule has 0 spiro atoms. The highest BCUT2D eigenvalue weighted by Crippen LogP contribution is 2.36. The van der Waals surface area contributed by atoms with E-state index in [1.165, 1.54) is 6.08 Å². The van der Waals surface area contributed by atoms with Crippen molar-refractivity contribution in [2.75, 3.05) is 0 Å². The van der Waals surface area contributed by atoms with Crippen molar-refractivity contribution in [1.82, 2.24) is 0 Å². The average molecular weight is 236 g/mol. The number of carbonyl (C=O) groups is 1. The van der Waals surface area contributed by atoms with Crippen LogP contribution in [0.1, 0.15) is 25.7 Å². The normalized spacial score (nSPS) is 20.6. The molecule has 0 aromatic heterocycles. The smallest absolute Gasteiger partial charge is 0.328 e. The third-order valence-electron chi connectivity index (χ3n) is 2.31. The molecular formula is C8H12O4S2. The van der Waals surface area contributed by atoms with Crippen molar-refractivity contribution in [3.8, 4) is 0 Å². The summed E-state index contributed by atoms with van der Waals surface area (Å²) in [5, 5.41) is 8.54. The Hall–Kier alpha value is -0.170. The maximum atomic E-state index is 10.4. The maximum Gasteiger partial charge on any atom is 0.328 e. The third-order valence-corrected chi connectivity index (χ3v) is 2.98. The molecule has 0 aromatic carbocycles. The van der Waals surface area contributed by atoms with Crippen molar-refractivity contribution in [3.05, 3.63) is 11.6 Å². The van der Waals surface area contributed by atoms with E-state index in [4.69, 9.17) is 13.5 Å². The zero-order chi connectivity index (χ0) is 10.6. The molecule has 0 saturated heterocycles. The van der Waals surface area contributed by atoms with Gasteiger partial charge >= 0.3 is 5.97 Å². The largest absolute Gasteiger partial charge is 0.478 e. The molecule has 1 aliphatic carbocycles. The molecule has 0 aromatic rings. The molecule has 0 radical (unpaired) electrons. The van der Waals surface area contributed by atoms with Crippen LogP contribution < -0.4 is 0 Å². The molecule has 0 amide bonds. The molecule has 14 heavy (non-hydrogen) atoms. The minimum atomic E-state index is -0.911. The van der Waals surface area contributed by atoms with Crippen LogP contribution in [-0.2, 0) is 13.2 Å². The van der Waals surface area contributed by atoms with E-state index in [0.717, 1.165) is 5.57 Å². The maximum absolute atomic E-state index is 10.4. The summed E-state index contributed by atoms with van der Waals surface area (Å²) in [6, 6.07) is 0. The minimum Gasteiger partial charge on any atom is -0.478 e. The first-order valence-corrected chi connectivity index (χ1v) is 4.92. The van der Waals surface area contributed by atoms with E-state index in [1.807, 2.05) is 0 Å². The molecule has 1 fully saturated rings. The number of thiol groups is 2. The van der Waals surface area contributed by atoms with Crippen LogP contribution in [0, 0.1) is 0 Å². The van der Waals surface area contributed by atoms with Gasteiger partial charge in [0, 0.05) is 18.9 Å². The second-order valence-electron chi connectivity index (χ2n) is 3.23. The number of allylic oxidation sites excluding steroid dienone is 1. The van der Waals surface area contributed by atoms with Gasteiger partial charge in [-0.1, -0.05) is 5.57 Å². The second kappa shape index (κ2) is 5.06. The Bertz CT molecular complexity index is 236. The molecule has 6 heteroatoms. The van der Waals surface area contributed by atoms with Crippen LogP contribution in [0.5, 0.6) is 0 Å². The fourth-order valence-corrected chi connectivity index (χ4v) is 1.97. The lowest BCUT2D eigenvalue weighted by Gasteiger charge is -2.33. The lowest BCUT2D eigenvalue weighted by molar-refractivity contribution is -0.131. The Morgan fingerprint density at radius 1 is 1.36 bits per heavy atom. The summed E-state index contributed by atoms with van der Waals surface area (Å²) >= 11 is 7.44. The summed E-state index contributed by atoms with van der Waals surface area (Å²) in [5.41, 5.74) is 0.892. The van der Waals surface area contributed by atoms with Gasteiger partial charge in [0.1, 0.15) is 0 Å². The molecule has 80 valence electrons. The van der Waals surface area contributed by atoms with Crippen molar-refractivity contribution < 1.29 is 18.3 Å². The Morgan fingerprint density at radius 3 is 2.21 bits per heavy atom. The van der Waals surface area contributed by atoms with Crippen LogP contribution in [0.4, 0.5) is 0 Å². The van der Waals surface area contributed by atoms with E-state index in [-0.39, 0.29) is 0 Å². The van der Waals surface area contributed by atoms with Gasteiger partial charge in [0.2, 0.25) is 0 Å². The number of hydrogen-bond donors (Lipinski definition) is 3. The topological polar surface area (TPSA) is 55.8 Å². The molecule has 0 heterocycles. The molecule has 0 bridgehead atoms. The fourth-order valence-electron chi connectivity index (χ4n) is 1.47. The van der Waals surface area contributed by atoms with Crippen molar-refractivity contribution in [2.45, 2.75) is 31.5 Å². The molecule has 1 rings (SSSR count). The molecule has 1 saturated carbocycles. The van der Waals surface area contributed by atoms with Crippen LogP contribution in [-0.4, -0.2) is 16.9 Å². The highest BCUT2D eigenvalue weighted by Gasteiger charge is 2.34. The Balaban J connectivity index is 2.57. The number of aliphatic carboxylic acids is 1. The Kier molecular flexibility index (Phi) is 4.31. The highest BCUT2D eigenvalue weighted by molar-refractivity contribution is 7.75. The van der Waals surface area contributed by atoms with Gasteiger partial charge in [0.15, 0.2) is 5.79 Å². The predicted octanol–water partition coefficient (Wildman–Crippen LogP) is 1.99. The zero-order valence-electron chi connectivity index (χ0n) is 7.47.